The summed E-state index contributed by atoms with van der Waals surface area (Å²) in [7, 11) is 0. The van der Waals surface area contributed by atoms with Crippen LogP contribution in [0, 0.1) is 0 Å². The van der Waals surface area contributed by atoms with Crippen LogP contribution in [0.5, 0.6) is 0 Å². The summed E-state index contributed by atoms with van der Waals surface area (Å²) in [6, 6.07) is 46.1. The molecule has 5 aromatic carbocycles. The molecule has 0 saturated heterocycles. The summed E-state index contributed by atoms with van der Waals surface area (Å²) in [6.07, 6.45) is 1.94. The largest absolute Gasteiger partial charge is 0.308 e. The zero-order valence-corrected chi connectivity index (χ0v) is 19.8. The number of rotatable bonds is 5. The molecule has 35 heavy (non-hydrogen) atoms. The van der Waals surface area contributed by atoms with Gasteiger partial charge in [0.2, 0.25) is 0 Å². The van der Waals surface area contributed by atoms with Gasteiger partial charge in [-0.15, -0.1) is 0 Å². The molecule has 0 atom stereocenters. The molecule has 0 saturated carbocycles. The monoisotopic (exact) mass is 469 g/mol. The third-order valence-corrected chi connectivity index (χ3v) is 7.00. The average molecular weight is 470 g/mol. The lowest BCUT2D eigenvalue weighted by atomic mass is 10.1. The first-order valence-corrected chi connectivity index (χ1v) is 12.4. The van der Waals surface area contributed by atoms with Gasteiger partial charge in [-0.1, -0.05) is 84.6 Å². The molecular weight excluding hydrogens is 446 g/mol. The van der Waals surface area contributed by atoms with E-state index in [0.717, 1.165) is 22.6 Å². The Morgan fingerprint density at radius 1 is 0.571 bits per heavy atom. The predicted molar refractivity (Wildman–Crippen MR) is 148 cm³/mol. The first kappa shape index (κ1) is 21.3. The Bertz CT molecular complexity index is 1430. The van der Waals surface area contributed by atoms with Gasteiger partial charge in [0.1, 0.15) is 0 Å². The Morgan fingerprint density at radius 3 is 1.83 bits per heavy atom. The number of nitrogens with zero attached hydrogens (tertiary/aromatic N) is 3. The van der Waals surface area contributed by atoms with Crippen LogP contribution in [0.15, 0.2) is 148 Å². The molecule has 6 rings (SSSR count). The lowest BCUT2D eigenvalue weighted by Gasteiger charge is -2.33. The highest BCUT2D eigenvalue weighted by atomic mass is 32.2. The molecule has 0 aliphatic carbocycles. The molecule has 0 unspecified atom stereocenters. The normalized spacial score (nSPS) is 12.3. The van der Waals surface area contributed by atoms with Crippen molar-refractivity contribution in [3.05, 3.63) is 139 Å². The average Bonchev–Trinajstić information content (AvgIpc) is 2.93. The van der Waals surface area contributed by atoms with Gasteiger partial charge in [0.05, 0.1) is 29.0 Å². The zero-order valence-electron chi connectivity index (χ0n) is 19.0. The molecule has 0 bridgehead atoms. The van der Waals surface area contributed by atoms with Crippen molar-refractivity contribution in [3.63, 3.8) is 0 Å². The van der Waals surface area contributed by atoms with E-state index in [2.05, 4.69) is 102 Å². The van der Waals surface area contributed by atoms with Crippen LogP contribution in [0.1, 0.15) is 5.56 Å². The topological polar surface area (TPSA) is 18.8 Å². The zero-order chi connectivity index (χ0) is 23.5. The van der Waals surface area contributed by atoms with Crippen molar-refractivity contribution < 1.29 is 0 Å². The molecule has 0 amide bonds. The maximum Gasteiger partial charge on any atom is 0.0652 e. The number of fused-ring (bicyclic) bond motifs is 2. The van der Waals surface area contributed by atoms with E-state index < -0.39 is 0 Å². The number of para-hydroxylation sites is 4. The van der Waals surface area contributed by atoms with Gasteiger partial charge >= 0.3 is 0 Å². The first-order valence-electron chi connectivity index (χ1n) is 11.6. The van der Waals surface area contributed by atoms with Crippen LogP contribution in [0.2, 0.25) is 0 Å². The van der Waals surface area contributed by atoms with Crippen molar-refractivity contribution in [2.75, 3.05) is 9.91 Å². The standard InChI is InChI=1S/C31H23N3S/c1-4-12-25(13-5-1)33-28-18-10-11-19-30(28)35-31-22-24(20-21-29(31)33)23-32-34(26-14-6-2-7-15-26)27-16-8-3-9-17-27/h1-23H. The van der Waals surface area contributed by atoms with Crippen molar-refractivity contribution >= 4 is 46.4 Å². The molecule has 0 aromatic heterocycles. The van der Waals surface area contributed by atoms with Gasteiger partial charge in [-0.3, -0.25) is 0 Å². The Morgan fingerprint density at radius 2 is 1.14 bits per heavy atom. The molecule has 5 aromatic rings. The fourth-order valence-electron chi connectivity index (χ4n) is 4.25. The summed E-state index contributed by atoms with van der Waals surface area (Å²) in [5.74, 6) is 0. The molecule has 1 aliphatic rings. The van der Waals surface area contributed by atoms with Crippen LogP contribution in [-0.2, 0) is 0 Å². The lowest BCUT2D eigenvalue weighted by Crippen LogP contribution is -2.15. The highest BCUT2D eigenvalue weighted by Gasteiger charge is 2.24. The van der Waals surface area contributed by atoms with Crippen molar-refractivity contribution in [2.45, 2.75) is 9.79 Å². The quantitative estimate of drug-likeness (QED) is 0.186. The van der Waals surface area contributed by atoms with E-state index in [1.54, 1.807) is 11.8 Å². The molecule has 0 spiro atoms. The van der Waals surface area contributed by atoms with E-state index in [4.69, 9.17) is 5.10 Å². The summed E-state index contributed by atoms with van der Waals surface area (Å²) in [6.45, 7) is 0. The number of hydrogen-bond acceptors (Lipinski definition) is 4. The smallest absolute Gasteiger partial charge is 0.0652 e. The SMILES string of the molecule is C(=NN(c1ccccc1)c1ccccc1)c1ccc2c(c1)Sc1ccccc1N2c1ccccc1. The summed E-state index contributed by atoms with van der Waals surface area (Å²) in [4.78, 5) is 4.79. The molecular formula is C31H23N3S. The maximum absolute atomic E-state index is 4.89. The van der Waals surface area contributed by atoms with Crippen molar-refractivity contribution in [1.29, 1.82) is 0 Å². The summed E-state index contributed by atoms with van der Waals surface area (Å²) < 4.78 is 0. The van der Waals surface area contributed by atoms with E-state index >= 15 is 0 Å². The predicted octanol–water partition coefficient (Wildman–Crippen LogP) is 8.79. The third-order valence-electron chi connectivity index (χ3n) is 5.89. The Labute approximate surface area is 210 Å². The van der Waals surface area contributed by atoms with Gasteiger partial charge < -0.3 is 4.90 Å². The van der Waals surface area contributed by atoms with E-state index in [9.17, 15) is 0 Å². The van der Waals surface area contributed by atoms with Crippen LogP contribution in [0.4, 0.5) is 28.4 Å². The fourth-order valence-corrected chi connectivity index (χ4v) is 5.36. The second-order valence-electron chi connectivity index (χ2n) is 8.20. The van der Waals surface area contributed by atoms with Gasteiger partial charge in [-0.05, 0) is 66.2 Å². The lowest BCUT2D eigenvalue weighted by molar-refractivity contribution is 1.09. The van der Waals surface area contributed by atoms with E-state index in [1.165, 1.54) is 21.2 Å². The van der Waals surface area contributed by atoms with Crippen LogP contribution in [-0.4, -0.2) is 6.21 Å². The van der Waals surface area contributed by atoms with Gasteiger partial charge in [-0.2, -0.15) is 5.10 Å². The van der Waals surface area contributed by atoms with Gasteiger partial charge in [0, 0.05) is 15.5 Å². The molecule has 1 heterocycles. The molecule has 0 fully saturated rings. The minimum atomic E-state index is 1.02. The minimum absolute atomic E-state index is 1.02. The summed E-state index contributed by atoms with van der Waals surface area (Å²) in [5, 5.41) is 6.86. The second-order valence-corrected chi connectivity index (χ2v) is 9.28. The fraction of sp³-hybridized carbons (Fsp3) is 0. The summed E-state index contributed by atoms with van der Waals surface area (Å²) >= 11 is 1.81. The van der Waals surface area contributed by atoms with E-state index in [1.807, 2.05) is 47.6 Å². The third kappa shape index (κ3) is 4.32. The van der Waals surface area contributed by atoms with Crippen molar-refractivity contribution in [2.24, 2.45) is 5.10 Å². The number of anilines is 5. The number of hydrazone groups is 1. The van der Waals surface area contributed by atoms with Crippen LogP contribution in [0.3, 0.4) is 0 Å². The van der Waals surface area contributed by atoms with E-state index in [-0.39, 0.29) is 0 Å². The first-order chi connectivity index (χ1) is 17.4. The number of benzene rings is 5. The van der Waals surface area contributed by atoms with Gasteiger partial charge in [-0.25, -0.2) is 5.01 Å². The van der Waals surface area contributed by atoms with E-state index in [0.29, 0.717) is 0 Å². The summed E-state index contributed by atoms with van der Waals surface area (Å²) in [5.41, 5.74) is 6.64. The Balaban J connectivity index is 1.38. The van der Waals surface area contributed by atoms with Crippen molar-refractivity contribution in [3.8, 4) is 0 Å². The Hall–Kier alpha value is -4.28. The van der Waals surface area contributed by atoms with Gasteiger partial charge in [0.25, 0.3) is 0 Å². The molecule has 0 N–H and O–H groups in total. The maximum atomic E-state index is 4.89. The molecule has 168 valence electrons. The van der Waals surface area contributed by atoms with Crippen LogP contribution < -0.4 is 9.91 Å². The second kappa shape index (κ2) is 9.53. The Kier molecular flexibility index (Phi) is 5.79. The number of hydrogen-bond donors (Lipinski definition) is 0. The highest BCUT2D eigenvalue weighted by molar-refractivity contribution is 7.99. The molecule has 3 nitrogen and oxygen atoms in total. The minimum Gasteiger partial charge on any atom is -0.308 e. The molecule has 1 aliphatic heterocycles. The van der Waals surface area contributed by atoms with Crippen LogP contribution >= 0.6 is 11.8 Å². The highest BCUT2D eigenvalue weighted by Crippen LogP contribution is 2.51. The molecule has 0 radical (unpaired) electrons. The van der Waals surface area contributed by atoms with Gasteiger partial charge in [0.15, 0.2) is 0 Å². The van der Waals surface area contributed by atoms with Crippen LogP contribution in [0.25, 0.3) is 0 Å². The molecule has 4 heteroatoms. The van der Waals surface area contributed by atoms with Crippen molar-refractivity contribution in [1.82, 2.24) is 0 Å².